The number of amides is 1. The topological polar surface area (TPSA) is 92.7 Å². The highest BCUT2D eigenvalue weighted by atomic mass is 35.5. The molecule has 0 spiro atoms. The Kier molecular flexibility index (Phi) is 5.78. The van der Waals surface area contributed by atoms with Crippen LogP contribution in [0.5, 0.6) is 0 Å². The average Bonchev–Trinajstić information content (AvgIpc) is 3.41. The highest BCUT2D eigenvalue weighted by molar-refractivity contribution is 7.13. The van der Waals surface area contributed by atoms with Gasteiger partial charge in [0, 0.05) is 18.1 Å². The fourth-order valence-corrected chi connectivity index (χ4v) is 3.80. The zero-order valence-electron chi connectivity index (χ0n) is 16.1. The lowest BCUT2D eigenvalue weighted by molar-refractivity contribution is -0.114. The summed E-state index contributed by atoms with van der Waals surface area (Å²) in [6, 6.07) is 15.3. The van der Waals surface area contributed by atoms with E-state index in [1.807, 2.05) is 47.8 Å². The summed E-state index contributed by atoms with van der Waals surface area (Å²) in [5.74, 6) is 0.0260. The predicted octanol–water partition coefficient (Wildman–Crippen LogP) is 3.76. The number of carbonyl (C=O) groups excluding carboxylic acids is 1. The molecule has 0 fully saturated rings. The molecule has 9 heteroatoms. The van der Waals surface area contributed by atoms with Crippen molar-refractivity contribution in [1.82, 2.24) is 19.7 Å². The van der Waals surface area contributed by atoms with Crippen LogP contribution in [0.25, 0.3) is 16.5 Å². The van der Waals surface area contributed by atoms with Gasteiger partial charge in [0.15, 0.2) is 0 Å². The lowest BCUT2D eigenvalue weighted by Crippen LogP contribution is -2.22. The summed E-state index contributed by atoms with van der Waals surface area (Å²) >= 11 is 7.16. The van der Waals surface area contributed by atoms with Gasteiger partial charge in [0.25, 0.3) is 5.56 Å². The monoisotopic (exact) mass is 439 g/mol. The molecule has 7 nitrogen and oxygen atoms in total. The lowest BCUT2D eigenvalue weighted by Gasteiger charge is -2.10. The fraction of sp³-hybridized carbons (Fsp3) is 0.143. The van der Waals surface area contributed by atoms with E-state index in [0.29, 0.717) is 29.2 Å². The summed E-state index contributed by atoms with van der Waals surface area (Å²) in [6.45, 7) is 1.79. The molecule has 0 atom stereocenters. The highest BCUT2D eigenvalue weighted by Crippen LogP contribution is 2.27. The van der Waals surface area contributed by atoms with E-state index in [-0.39, 0.29) is 23.3 Å². The van der Waals surface area contributed by atoms with Crippen LogP contribution in [0.2, 0.25) is 0 Å². The Hall–Kier alpha value is -3.23. The second-order valence-electron chi connectivity index (χ2n) is 6.60. The molecule has 0 saturated carbocycles. The number of nitrogens with zero attached hydrogens (tertiary/aromatic N) is 3. The minimum atomic E-state index is -0.379. The zero-order valence-corrected chi connectivity index (χ0v) is 17.6. The normalized spacial score (nSPS) is 10.9. The molecule has 4 rings (SSSR count). The number of benzene rings is 1. The number of rotatable bonds is 6. The summed E-state index contributed by atoms with van der Waals surface area (Å²) < 4.78 is 1.42. The number of alkyl halides is 1. The van der Waals surface area contributed by atoms with Crippen molar-refractivity contribution in [2.75, 3.05) is 11.2 Å². The molecule has 0 aliphatic rings. The Morgan fingerprint density at radius 3 is 2.70 bits per heavy atom. The molecule has 0 unspecified atom stereocenters. The Bertz CT molecular complexity index is 1230. The van der Waals surface area contributed by atoms with Crippen LogP contribution in [0.4, 0.5) is 5.82 Å². The van der Waals surface area contributed by atoms with Gasteiger partial charge in [-0.15, -0.1) is 22.9 Å². The van der Waals surface area contributed by atoms with Crippen molar-refractivity contribution >= 4 is 34.7 Å². The first-order valence-electron chi connectivity index (χ1n) is 9.19. The second kappa shape index (κ2) is 8.64. The predicted molar refractivity (Wildman–Crippen MR) is 119 cm³/mol. The number of halogens is 1. The third-order valence-corrected chi connectivity index (χ3v) is 5.64. The van der Waals surface area contributed by atoms with Gasteiger partial charge < -0.3 is 5.32 Å². The van der Waals surface area contributed by atoms with E-state index in [9.17, 15) is 9.59 Å². The van der Waals surface area contributed by atoms with Crippen molar-refractivity contribution in [3.8, 4) is 16.5 Å². The summed E-state index contributed by atoms with van der Waals surface area (Å²) in [6.07, 6.45) is 0.477. The van der Waals surface area contributed by atoms with Gasteiger partial charge in [0.05, 0.1) is 10.6 Å². The standard InChI is InChI=1S/C21H18ClN5O2S/c1-13-15(10-14-6-3-2-4-7-14)20(29)25-21(23-13)27-18(24-19(28)12-22)11-16(26-27)17-8-5-9-30-17/h2-9,11H,10,12H2,1H3,(H,24,28)(H,23,25,29). The molecule has 0 bridgehead atoms. The fourth-order valence-electron chi connectivity index (χ4n) is 3.06. The van der Waals surface area contributed by atoms with Crippen LogP contribution in [0.15, 0.2) is 58.7 Å². The van der Waals surface area contributed by atoms with Crippen LogP contribution in [-0.4, -0.2) is 31.5 Å². The van der Waals surface area contributed by atoms with Gasteiger partial charge >= 0.3 is 0 Å². The second-order valence-corrected chi connectivity index (χ2v) is 7.82. The average molecular weight is 440 g/mol. The van der Waals surface area contributed by atoms with Gasteiger partial charge in [-0.1, -0.05) is 36.4 Å². The molecule has 0 saturated heterocycles. The molecule has 3 aromatic heterocycles. The summed E-state index contributed by atoms with van der Waals surface area (Å²) in [7, 11) is 0. The van der Waals surface area contributed by atoms with E-state index in [1.54, 1.807) is 13.0 Å². The van der Waals surface area contributed by atoms with Crippen molar-refractivity contribution in [3.05, 3.63) is 81.1 Å². The first-order valence-corrected chi connectivity index (χ1v) is 10.6. The van der Waals surface area contributed by atoms with Crippen molar-refractivity contribution in [1.29, 1.82) is 0 Å². The SMILES string of the molecule is Cc1nc(-n2nc(-c3cccs3)cc2NC(=O)CCl)[nH]c(=O)c1Cc1ccccc1. The van der Waals surface area contributed by atoms with Crippen LogP contribution in [0.1, 0.15) is 16.8 Å². The smallest absolute Gasteiger partial charge is 0.256 e. The molecule has 2 N–H and O–H groups in total. The Morgan fingerprint density at radius 2 is 2.03 bits per heavy atom. The molecule has 3 heterocycles. The molecular weight excluding hydrogens is 422 g/mol. The van der Waals surface area contributed by atoms with Gasteiger partial charge in [-0.25, -0.2) is 4.98 Å². The number of aromatic nitrogens is 4. The number of anilines is 1. The van der Waals surface area contributed by atoms with E-state index in [1.165, 1.54) is 16.0 Å². The third-order valence-electron chi connectivity index (χ3n) is 4.51. The number of carbonyl (C=O) groups is 1. The lowest BCUT2D eigenvalue weighted by atomic mass is 10.1. The zero-order chi connectivity index (χ0) is 21.1. The van der Waals surface area contributed by atoms with Crippen LogP contribution >= 0.6 is 22.9 Å². The molecule has 4 aromatic rings. The molecule has 0 aliphatic carbocycles. The summed E-state index contributed by atoms with van der Waals surface area (Å²) in [5, 5.41) is 9.19. The highest BCUT2D eigenvalue weighted by Gasteiger charge is 2.17. The molecule has 152 valence electrons. The maximum Gasteiger partial charge on any atom is 0.256 e. The summed E-state index contributed by atoms with van der Waals surface area (Å²) in [4.78, 5) is 33.0. The van der Waals surface area contributed by atoms with Crippen LogP contribution in [-0.2, 0) is 11.2 Å². The van der Waals surface area contributed by atoms with E-state index in [0.717, 1.165) is 10.4 Å². The van der Waals surface area contributed by atoms with Gasteiger partial charge in [-0.3, -0.25) is 14.6 Å². The van der Waals surface area contributed by atoms with E-state index < -0.39 is 0 Å². The number of hydrogen-bond acceptors (Lipinski definition) is 5. The van der Waals surface area contributed by atoms with Crippen LogP contribution in [0.3, 0.4) is 0 Å². The van der Waals surface area contributed by atoms with Gasteiger partial charge in [-0.2, -0.15) is 9.78 Å². The molecule has 0 aliphatic heterocycles. The first kappa shape index (κ1) is 20.1. The number of thiophene rings is 1. The molecule has 1 amide bonds. The first-order chi connectivity index (χ1) is 14.5. The number of hydrogen-bond donors (Lipinski definition) is 2. The largest absolute Gasteiger partial charge is 0.309 e. The van der Waals surface area contributed by atoms with E-state index in [4.69, 9.17) is 11.6 Å². The Morgan fingerprint density at radius 1 is 1.23 bits per heavy atom. The van der Waals surface area contributed by atoms with Crippen molar-refractivity contribution in [2.45, 2.75) is 13.3 Å². The maximum atomic E-state index is 12.8. The van der Waals surface area contributed by atoms with Crippen LogP contribution in [0, 0.1) is 6.92 Å². The van der Waals surface area contributed by atoms with E-state index >= 15 is 0 Å². The van der Waals surface area contributed by atoms with E-state index in [2.05, 4.69) is 20.4 Å². The summed E-state index contributed by atoms with van der Waals surface area (Å²) in [5.41, 5.74) is 2.62. The number of aryl methyl sites for hydroxylation is 1. The van der Waals surface area contributed by atoms with Crippen molar-refractivity contribution < 1.29 is 4.79 Å². The number of nitrogens with one attached hydrogen (secondary N) is 2. The van der Waals surface area contributed by atoms with Gasteiger partial charge in [0.2, 0.25) is 11.9 Å². The molecule has 30 heavy (non-hydrogen) atoms. The minimum absolute atomic E-state index is 0.196. The molecule has 0 radical (unpaired) electrons. The van der Waals surface area contributed by atoms with Crippen LogP contribution < -0.4 is 10.9 Å². The Labute approximate surface area is 181 Å². The Balaban J connectivity index is 1.76. The molecule has 1 aromatic carbocycles. The van der Waals surface area contributed by atoms with Gasteiger partial charge in [-0.05, 0) is 23.9 Å². The number of H-pyrrole nitrogens is 1. The third kappa shape index (κ3) is 4.19. The number of aromatic amines is 1. The van der Waals surface area contributed by atoms with Crippen molar-refractivity contribution in [3.63, 3.8) is 0 Å². The maximum absolute atomic E-state index is 12.8. The van der Waals surface area contributed by atoms with Gasteiger partial charge in [0.1, 0.15) is 17.4 Å². The minimum Gasteiger partial charge on any atom is -0.309 e. The van der Waals surface area contributed by atoms with Crippen molar-refractivity contribution in [2.24, 2.45) is 0 Å². The quantitative estimate of drug-likeness (QED) is 0.447. The molecular formula is C21H18ClN5O2S.